The molecule has 3 heterocycles. The van der Waals surface area contributed by atoms with E-state index in [0.717, 1.165) is 16.8 Å². The van der Waals surface area contributed by atoms with E-state index in [0.29, 0.717) is 82.5 Å². The van der Waals surface area contributed by atoms with Crippen molar-refractivity contribution in [3.05, 3.63) is 93.9 Å². The quantitative estimate of drug-likeness (QED) is 0.0751. The molecule has 17 heteroatoms. The summed E-state index contributed by atoms with van der Waals surface area (Å²) >= 11 is 0. The molecule has 0 spiro atoms. The predicted octanol–water partition coefficient (Wildman–Crippen LogP) is 3.13. The Balaban J connectivity index is 1.61. The van der Waals surface area contributed by atoms with Gasteiger partial charge in [0, 0.05) is 76.1 Å². The molecule has 1 fully saturated rings. The van der Waals surface area contributed by atoms with Crippen LogP contribution in [0.15, 0.2) is 65.8 Å². The first-order valence-electron chi connectivity index (χ1n) is 15.4. The Morgan fingerprint density at radius 3 is 1.75 bits per heavy atom. The zero-order chi connectivity index (χ0) is 34.6. The molecule has 1 aromatic carbocycles. The summed E-state index contributed by atoms with van der Waals surface area (Å²) in [5.74, 6) is 2.52. The van der Waals surface area contributed by atoms with E-state index < -0.39 is 27.8 Å². The molecule has 0 saturated carbocycles. The van der Waals surface area contributed by atoms with E-state index >= 15 is 0 Å². The van der Waals surface area contributed by atoms with Gasteiger partial charge in [-0.25, -0.2) is 4.98 Å². The number of aromatic nitrogens is 2. The molecular formula is C31H41N9O6P2. The fourth-order valence-corrected chi connectivity index (χ4v) is 7.13. The number of rotatable bonds is 11. The summed E-state index contributed by atoms with van der Waals surface area (Å²) in [6, 6.07) is 18.9. The number of hydrogen-bond acceptors (Lipinski definition) is 9. The summed E-state index contributed by atoms with van der Waals surface area (Å²) in [5.41, 5.74) is 13.3. The summed E-state index contributed by atoms with van der Waals surface area (Å²) in [4.78, 5) is 59.2. The van der Waals surface area contributed by atoms with Crippen molar-refractivity contribution in [2.24, 2.45) is 5.11 Å². The molecule has 48 heavy (non-hydrogen) atoms. The van der Waals surface area contributed by atoms with Crippen molar-refractivity contribution in [2.45, 2.75) is 19.6 Å². The van der Waals surface area contributed by atoms with Crippen LogP contribution in [0.4, 0.5) is 0 Å². The van der Waals surface area contributed by atoms with E-state index in [-0.39, 0.29) is 6.54 Å². The van der Waals surface area contributed by atoms with Crippen LogP contribution in [0.5, 0.6) is 0 Å². The van der Waals surface area contributed by atoms with Gasteiger partial charge in [-0.2, -0.15) is 0 Å². The minimum atomic E-state index is -4.38. The smallest absolute Gasteiger partial charge is 0.324 e. The van der Waals surface area contributed by atoms with Crippen molar-refractivity contribution in [2.75, 3.05) is 64.9 Å². The Labute approximate surface area is 280 Å². The van der Waals surface area contributed by atoms with Gasteiger partial charge in [0.25, 0.3) is 0 Å². The largest absolute Gasteiger partial charge is 0.339 e. The van der Waals surface area contributed by atoms with Crippen molar-refractivity contribution in [3.63, 3.8) is 0 Å². The van der Waals surface area contributed by atoms with Gasteiger partial charge in [-0.05, 0) is 40.9 Å². The average Bonchev–Trinajstić information content (AvgIpc) is 3.04. The highest BCUT2D eigenvalue weighted by atomic mass is 31.2. The molecule has 15 nitrogen and oxygen atoms in total. The van der Waals surface area contributed by atoms with Crippen LogP contribution < -0.4 is 0 Å². The van der Waals surface area contributed by atoms with E-state index in [1.807, 2.05) is 59.5 Å². The number of hydrogen-bond donors (Lipinski definition) is 4. The third kappa shape index (κ3) is 13.2. The molecule has 1 aliphatic rings. The minimum Gasteiger partial charge on any atom is -0.324 e. The Hall–Kier alpha value is -3.47. The Kier molecular flexibility index (Phi) is 13.8. The highest BCUT2D eigenvalue weighted by Crippen LogP contribution is 2.36. The van der Waals surface area contributed by atoms with Gasteiger partial charge in [-0.15, -0.1) is 6.42 Å². The molecule has 1 saturated heterocycles. The summed E-state index contributed by atoms with van der Waals surface area (Å²) in [6.45, 7) is 3.79. The van der Waals surface area contributed by atoms with Crippen molar-refractivity contribution in [1.29, 1.82) is 0 Å². The highest BCUT2D eigenvalue weighted by molar-refractivity contribution is 7.51. The Bertz CT molecular complexity index is 1650. The summed E-state index contributed by atoms with van der Waals surface area (Å²) in [6.07, 6.45) is 4.70. The van der Waals surface area contributed by atoms with Crippen LogP contribution in [-0.2, 0) is 28.8 Å². The standard InChI is InChI=1S/C31H41N9O6P2/c1-2-28-9-6-10-29(34-28)22-37-11-15-39(24-47(41,42)43)17-13-38(14-18-40(16-12-37)25-48(44,45)46)23-31-20-27(26-7-4-3-5-8-26)19-30(35-31)21-33-36-32/h1,3-10,19-20H,11-18,21-25H2,(H2,41,42,43)(H2,44,45,46). The van der Waals surface area contributed by atoms with E-state index in [4.69, 9.17) is 16.9 Å². The molecule has 4 rings (SSSR count). The lowest BCUT2D eigenvalue weighted by Gasteiger charge is -2.34. The minimum absolute atomic E-state index is 0.0648. The molecule has 1 aliphatic heterocycles. The molecular weight excluding hydrogens is 656 g/mol. The molecule has 0 bridgehead atoms. The number of terminal acetylenes is 1. The zero-order valence-corrected chi connectivity index (χ0v) is 28.4. The lowest BCUT2D eigenvalue weighted by Crippen LogP contribution is -2.46. The van der Waals surface area contributed by atoms with Crippen LogP contribution in [0, 0.1) is 12.3 Å². The Morgan fingerprint density at radius 1 is 0.708 bits per heavy atom. The maximum Gasteiger partial charge on any atom is 0.339 e. The Morgan fingerprint density at radius 2 is 1.23 bits per heavy atom. The highest BCUT2D eigenvalue weighted by Gasteiger charge is 2.25. The first-order chi connectivity index (χ1) is 22.9. The van der Waals surface area contributed by atoms with Crippen molar-refractivity contribution >= 4 is 15.2 Å². The second-order valence-corrected chi connectivity index (χ2v) is 14.9. The molecule has 0 amide bonds. The first-order valence-corrected chi connectivity index (χ1v) is 19.0. The second kappa shape index (κ2) is 17.8. The van der Waals surface area contributed by atoms with Gasteiger partial charge >= 0.3 is 15.2 Å². The zero-order valence-electron chi connectivity index (χ0n) is 26.6. The van der Waals surface area contributed by atoms with Crippen LogP contribution in [0.2, 0.25) is 0 Å². The normalized spacial score (nSPS) is 16.7. The van der Waals surface area contributed by atoms with E-state index in [1.165, 1.54) is 0 Å². The summed E-state index contributed by atoms with van der Waals surface area (Å²) in [5, 5.41) is 3.69. The fourth-order valence-electron chi connectivity index (χ4n) is 5.52. The molecule has 0 atom stereocenters. The summed E-state index contributed by atoms with van der Waals surface area (Å²) in [7, 11) is -8.76. The van der Waals surface area contributed by atoms with Gasteiger partial charge in [-0.1, -0.05) is 47.4 Å². The van der Waals surface area contributed by atoms with Gasteiger partial charge in [-0.3, -0.25) is 33.7 Å². The number of benzene rings is 1. The third-order valence-corrected chi connectivity index (χ3v) is 9.30. The fraction of sp³-hybridized carbons (Fsp3) is 0.419. The molecule has 0 radical (unpaired) electrons. The molecule has 4 N–H and O–H groups in total. The average molecular weight is 698 g/mol. The topological polar surface area (TPSA) is 203 Å². The molecule has 3 aromatic rings. The maximum absolute atomic E-state index is 12.1. The van der Waals surface area contributed by atoms with E-state index in [1.54, 1.807) is 15.9 Å². The van der Waals surface area contributed by atoms with Gasteiger partial charge in [0.1, 0.15) is 18.3 Å². The van der Waals surface area contributed by atoms with Crippen molar-refractivity contribution in [3.8, 4) is 23.5 Å². The van der Waals surface area contributed by atoms with Gasteiger partial charge in [0.2, 0.25) is 0 Å². The molecule has 2 aromatic heterocycles. The van der Waals surface area contributed by atoms with Crippen LogP contribution >= 0.6 is 15.2 Å². The number of pyridine rings is 2. The van der Waals surface area contributed by atoms with Crippen molar-refractivity contribution in [1.82, 2.24) is 29.6 Å². The van der Waals surface area contributed by atoms with Crippen LogP contribution in [0.3, 0.4) is 0 Å². The maximum atomic E-state index is 12.1. The van der Waals surface area contributed by atoms with E-state index in [9.17, 15) is 28.7 Å². The number of nitrogens with zero attached hydrogens (tertiary/aromatic N) is 9. The lowest BCUT2D eigenvalue weighted by atomic mass is 10.0. The van der Waals surface area contributed by atoms with Crippen LogP contribution in [0.25, 0.3) is 21.6 Å². The number of azide groups is 1. The first kappa shape index (κ1) is 37.4. The monoisotopic (exact) mass is 697 g/mol. The third-order valence-electron chi connectivity index (χ3n) is 7.76. The van der Waals surface area contributed by atoms with Gasteiger partial charge in [0.05, 0.1) is 17.9 Å². The van der Waals surface area contributed by atoms with Crippen LogP contribution in [-0.4, -0.2) is 114 Å². The molecule has 0 unspecified atom stereocenters. The van der Waals surface area contributed by atoms with Crippen molar-refractivity contribution < 1.29 is 28.7 Å². The van der Waals surface area contributed by atoms with Gasteiger partial charge in [0.15, 0.2) is 0 Å². The van der Waals surface area contributed by atoms with Gasteiger partial charge < -0.3 is 19.6 Å². The SMILES string of the molecule is C#Cc1cccc(CN2CCN(CP(=O)(O)O)CCN(Cc3cc(-c4ccccc4)cc(CN=[N+]=[N-])n3)CCN(CP(=O)(O)O)CC2)n1. The predicted molar refractivity (Wildman–Crippen MR) is 182 cm³/mol. The molecule has 0 aliphatic carbocycles. The van der Waals surface area contributed by atoms with E-state index in [2.05, 4.69) is 25.8 Å². The summed E-state index contributed by atoms with van der Waals surface area (Å²) < 4.78 is 24.3. The van der Waals surface area contributed by atoms with Crippen LogP contribution in [0.1, 0.15) is 22.8 Å². The second-order valence-electron chi connectivity index (χ2n) is 11.7. The lowest BCUT2D eigenvalue weighted by molar-refractivity contribution is 0.135. The molecule has 256 valence electrons.